The highest BCUT2D eigenvalue weighted by Gasteiger charge is 2.25. The van der Waals surface area contributed by atoms with E-state index in [1.165, 1.54) is 0 Å². The zero-order valence-corrected chi connectivity index (χ0v) is 14.4. The predicted molar refractivity (Wildman–Crippen MR) is 93.8 cm³/mol. The molecule has 134 valence electrons. The third-order valence-corrected chi connectivity index (χ3v) is 4.22. The summed E-state index contributed by atoms with van der Waals surface area (Å²) in [5, 5.41) is 3.02. The van der Waals surface area contributed by atoms with Gasteiger partial charge in [0.1, 0.15) is 11.5 Å². The van der Waals surface area contributed by atoms with E-state index in [1.54, 1.807) is 18.4 Å². The van der Waals surface area contributed by atoms with Gasteiger partial charge < -0.3 is 19.2 Å². The van der Waals surface area contributed by atoms with Crippen molar-refractivity contribution in [3.8, 4) is 5.75 Å². The van der Waals surface area contributed by atoms with E-state index in [1.807, 2.05) is 31.2 Å². The number of hydrogen-bond donors (Lipinski definition) is 1. The molecule has 0 spiro atoms. The molecule has 0 bridgehead atoms. The number of carbonyl (C=O) groups is 1. The summed E-state index contributed by atoms with van der Waals surface area (Å²) >= 11 is 0. The Labute approximate surface area is 147 Å². The second kappa shape index (κ2) is 8.69. The molecule has 1 saturated heterocycles. The largest absolute Gasteiger partial charge is 0.494 e. The second-order valence-corrected chi connectivity index (χ2v) is 5.85. The minimum Gasteiger partial charge on any atom is -0.494 e. The van der Waals surface area contributed by atoms with E-state index >= 15 is 0 Å². The van der Waals surface area contributed by atoms with E-state index in [2.05, 4.69) is 10.2 Å². The summed E-state index contributed by atoms with van der Waals surface area (Å²) in [6, 6.07) is 11.0. The Morgan fingerprint density at radius 3 is 2.84 bits per heavy atom. The molecule has 1 N–H and O–H groups in total. The van der Waals surface area contributed by atoms with Gasteiger partial charge in [-0.05, 0) is 37.3 Å². The molecule has 1 atom stereocenters. The topological polar surface area (TPSA) is 63.9 Å². The maximum Gasteiger partial charge on any atom is 0.251 e. The van der Waals surface area contributed by atoms with E-state index in [0.29, 0.717) is 37.7 Å². The quantitative estimate of drug-likeness (QED) is 0.836. The van der Waals surface area contributed by atoms with Crippen LogP contribution in [0.5, 0.6) is 5.75 Å². The van der Waals surface area contributed by atoms with Crippen LogP contribution in [0.3, 0.4) is 0 Å². The first kappa shape index (κ1) is 17.5. The Balaban J connectivity index is 1.66. The maximum atomic E-state index is 12.5. The molecule has 0 aliphatic carbocycles. The lowest BCUT2D eigenvalue weighted by Gasteiger charge is -2.33. The van der Waals surface area contributed by atoms with Crippen molar-refractivity contribution in [2.75, 3.05) is 39.5 Å². The van der Waals surface area contributed by atoms with Crippen molar-refractivity contribution in [2.45, 2.75) is 13.0 Å². The summed E-state index contributed by atoms with van der Waals surface area (Å²) in [5.74, 6) is 1.43. The van der Waals surface area contributed by atoms with Crippen molar-refractivity contribution in [3.05, 3.63) is 54.0 Å². The van der Waals surface area contributed by atoms with Gasteiger partial charge in [-0.15, -0.1) is 0 Å². The fraction of sp³-hybridized carbons (Fsp3) is 0.421. The molecule has 0 radical (unpaired) electrons. The van der Waals surface area contributed by atoms with Gasteiger partial charge in [0, 0.05) is 25.2 Å². The fourth-order valence-electron chi connectivity index (χ4n) is 2.96. The average Bonchev–Trinajstić information content (AvgIpc) is 3.18. The van der Waals surface area contributed by atoms with Crippen molar-refractivity contribution in [1.82, 2.24) is 10.2 Å². The van der Waals surface area contributed by atoms with E-state index in [9.17, 15) is 4.79 Å². The number of morpholine rings is 1. The summed E-state index contributed by atoms with van der Waals surface area (Å²) in [5.41, 5.74) is 0.589. The summed E-state index contributed by atoms with van der Waals surface area (Å²) < 4.78 is 16.5. The van der Waals surface area contributed by atoms with Crippen LogP contribution in [0, 0.1) is 0 Å². The number of benzene rings is 1. The normalized spacial score (nSPS) is 16.4. The van der Waals surface area contributed by atoms with E-state index in [0.717, 1.165) is 18.8 Å². The minimum atomic E-state index is -0.119. The highest BCUT2D eigenvalue weighted by atomic mass is 16.5. The van der Waals surface area contributed by atoms with Crippen LogP contribution >= 0.6 is 0 Å². The first-order valence-corrected chi connectivity index (χ1v) is 8.64. The SMILES string of the molecule is CCOc1cccc(C(=O)NC[C@@H](c2ccco2)N2CCOCC2)c1. The van der Waals surface area contributed by atoms with Gasteiger partial charge in [0.25, 0.3) is 5.91 Å². The molecule has 0 saturated carbocycles. The van der Waals surface area contributed by atoms with Crippen LogP contribution in [0.15, 0.2) is 47.1 Å². The van der Waals surface area contributed by atoms with Crippen LogP contribution in [0.25, 0.3) is 0 Å². The molecule has 25 heavy (non-hydrogen) atoms. The molecule has 2 aromatic rings. The Morgan fingerprint density at radius 2 is 2.12 bits per heavy atom. The minimum absolute atomic E-state index is 0.00192. The number of ether oxygens (including phenoxy) is 2. The summed E-state index contributed by atoms with van der Waals surface area (Å²) in [7, 11) is 0. The molecule has 1 aliphatic rings. The average molecular weight is 344 g/mol. The van der Waals surface area contributed by atoms with Crippen LogP contribution in [-0.4, -0.2) is 50.3 Å². The molecule has 3 rings (SSSR count). The van der Waals surface area contributed by atoms with E-state index in [4.69, 9.17) is 13.9 Å². The van der Waals surface area contributed by atoms with Gasteiger partial charge in [-0.2, -0.15) is 0 Å². The Hall–Kier alpha value is -2.31. The molecule has 6 heteroatoms. The number of carbonyl (C=O) groups excluding carboxylic acids is 1. The summed E-state index contributed by atoms with van der Waals surface area (Å²) in [6.45, 7) is 6.00. The van der Waals surface area contributed by atoms with Gasteiger partial charge in [-0.3, -0.25) is 9.69 Å². The Morgan fingerprint density at radius 1 is 1.28 bits per heavy atom. The number of rotatable bonds is 7. The fourth-order valence-corrected chi connectivity index (χ4v) is 2.96. The number of furan rings is 1. The lowest BCUT2D eigenvalue weighted by Crippen LogP contribution is -2.43. The van der Waals surface area contributed by atoms with Crippen LogP contribution < -0.4 is 10.1 Å². The number of amides is 1. The van der Waals surface area contributed by atoms with Gasteiger partial charge >= 0.3 is 0 Å². The molecule has 6 nitrogen and oxygen atoms in total. The standard InChI is InChI=1S/C19H24N2O4/c1-2-24-16-6-3-5-15(13-16)19(22)20-14-17(18-7-4-10-25-18)21-8-11-23-12-9-21/h3-7,10,13,17H,2,8-9,11-12,14H2,1H3,(H,20,22)/t17-/m0/s1. The molecule has 1 amide bonds. The van der Waals surface area contributed by atoms with E-state index < -0.39 is 0 Å². The zero-order valence-electron chi connectivity index (χ0n) is 14.4. The van der Waals surface area contributed by atoms with Crippen LogP contribution in [-0.2, 0) is 4.74 Å². The third kappa shape index (κ3) is 4.61. The van der Waals surface area contributed by atoms with Crippen molar-refractivity contribution >= 4 is 5.91 Å². The highest BCUT2D eigenvalue weighted by Crippen LogP contribution is 2.22. The van der Waals surface area contributed by atoms with Crippen molar-refractivity contribution < 1.29 is 18.7 Å². The molecular weight excluding hydrogens is 320 g/mol. The number of hydrogen-bond acceptors (Lipinski definition) is 5. The van der Waals surface area contributed by atoms with Gasteiger partial charge in [-0.25, -0.2) is 0 Å². The molecule has 0 unspecified atom stereocenters. The van der Waals surface area contributed by atoms with E-state index in [-0.39, 0.29) is 11.9 Å². The van der Waals surface area contributed by atoms with Gasteiger partial charge in [0.15, 0.2) is 0 Å². The summed E-state index contributed by atoms with van der Waals surface area (Å²) in [6.07, 6.45) is 1.66. The van der Waals surface area contributed by atoms with Crippen LogP contribution in [0.4, 0.5) is 0 Å². The van der Waals surface area contributed by atoms with Crippen molar-refractivity contribution in [2.24, 2.45) is 0 Å². The monoisotopic (exact) mass is 344 g/mol. The molecule has 2 heterocycles. The lowest BCUT2D eigenvalue weighted by molar-refractivity contribution is 0.0118. The molecular formula is C19H24N2O4. The third-order valence-electron chi connectivity index (χ3n) is 4.22. The van der Waals surface area contributed by atoms with Crippen LogP contribution in [0.1, 0.15) is 29.1 Å². The maximum absolute atomic E-state index is 12.5. The Kier molecular flexibility index (Phi) is 6.09. The smallest absolute Gasteiger partial charge is 0.251 e. The molecule has 1 fully saturated rings. The number of nitrogens with zero attached hydrogens (tertiary/aromatic N) is 1. The Bertz CT molecular complexity index is 666. The molecule has 1 aromatic carbocycles. The van der Waals surface area contributed by atoms with Crippen molar-refractivity contribution in [3.63, 3.8) is 0 Å². The predicted octanol–water partition coefficient (Wildman–Crippen LogP) is 2.48. The van der Waals surface area contributed by atoms with Gasteiger partial charge in [0.2, 0.25) is 0 Å². The van der Waals surface area contributed by atoms with Gasteiger partial charge in [-0.1, -0.05) is 6.07 Å². The molecule has 1 aliphatic heterocycles. The zero-order chi connectivity index (χ0) is 17.5. The van der Waals surface area contributed by atoms with Crippen molar-refractivity contribution in [1.29, 1.82) is 0 Å². The molecule has 1 aromatic heterocycles. The van der Waals surface area contributed by atoms with Crippen LogP contribution in [0.2, 0.25) is 0 Å². The highest BCUT2D eigenvalue weighted by molar-refractivity contribution is 5.94. The second-order valence-electron chi connectivity index (χ2n) is 5.85. The first-order valence-electron chi connectivity index (χ1n) is 8.64. The lowest BCUT2D eigenvalue weighted by atomic mass is 10.1. The first-order chi connectivity index (χ1) is 12.3. The number of nitrogens with one attached hydrogen (secondary N) is 1. The summed E-state index contributed by atoms with van der Waals surface area (Å²) in [4.78, 5) is 14.8. The van der Waals surface area contributed by atoms with Gasteiger partial charge in [0.05, 0.1) is 32.1 Å².